The van der Waals surface area contributed by atoms with Crippen LogP contribution < -0.4 is 5.32 Å². The number of carbonyl (C=O) groups excluding carboxylic acids is 1. The average Bonchev–Trinajstić information content (AvgIpc) is 2.26. The summed E-state index contributed by atoms with van der Waals surface area (Å²) in [6.07, 6.45) is -4.23. The molecule has 2 nitrogen and oxygen atoms in total. The van der Waals surface area contributed by atoms with Crippen LogP contribution in [-0.4, -0.2) is 17.3 Å². The Labute approximate surface area is 119 Å². The quantitative estimate of drug-likeness (QED) is 0.661. The maximum Gasteiger partial charge on any atom is 0.416 e. The summed E-state index contributed by atoms with van der Waals surface area (Å²) in [6, 6.07) is 1.73. The van der Waals surface area contributed by atoms with Crippen LogP contribution in [0.2, 0.25) is 0 Å². The van der Waals surface area contributed by atoms with Crippen molar-refractivity contribution in [2.75, 3.05) is 5.88 Å². The third-order valence-electron chi connectivity index (χ3n) is 2.71. The molecule has 1 aromatic carbocycles. The molecule has 112 valence electrons. The maximum absolute atomic E-state index is 13.5. The second kappa shape index (κ2) is 5.99. The number of carbonyl (C=O) groups is 1. The Hall–Kier alpha value is -1.30. The summed E-state index contributed by atoms with van der Waals surface area (Å²) in [6.45, 7) is 3.30. The van der Waals surface area contributed by atoms with E-state index < -0.39 is 34.6 Å². The normalized spacial score (nSPS) is 12.3. The van der Waals surface area contributed by atoms with Crippen LogP contribution in [0, 0.1) is 5.82 Å². The molecule has 0 saturated heterocycles. The van der Waals surface area contributed by atoms with Gasteiger partial charge < -0.3 is 5.32 Å². The lowest BCUT2D eigenvalue weighted by Crippen LogP contribution is -2.44. The number of hydrogen-bond donors (Lipinski definition) is 1. The molecule has 0 aromatic heterocycles. The number of amides is 1. The summed E-state index contributed by atoms with van der Waals surface area (Å²) in [4.78, 5) is 11.9. The largest absolute Gasteiger partial charge is 0.416 e. The molecule has 0 unspecified atom stereocenters. The molecule has 0 aliphatic heterocycles. The van der Waals surface area contributed by atoms with Crippen LogP contribution >= 0.6 is 11.6 Å². The molecule has 0 bridgehead atoms. The van der Waals surface area contributed by atoms with Crippen molar-refractivity contribution in [3.8, 4) is 0 Å². The lowest BCUT2D eigenvalue weighted by Gasteiger charge is -2.25. The van der Waals surface area contributed by atoms with E-state index in [9.17, 15) is 22.4 Å². The Morgan fingerprint density at radius 1 is 1.30 bits per heavy atom. The Bertz CT molecular complexity index is 500. The molecule has 20 heavy (non-hydrogen) atoms. The zero-order valence-electron chi connectivity index (χ0n) is 10.9. The van der Waals surface area contributed by atoms with Crippen molar-refractivity contribution in [2.24, 2.45) is 0 Å². The van der Waals surface area contributed by atoms with Gasteiger partial charge in [0.2, 0.25) is 0 Å². The standard InChI is InChI=1S/C13H14ClF4NO/c1-12(2,5-6-14)19-11(20)9-7-8(13(16,17)18)3-4-10(9)15/h3-4,7H,5-6H2,1-2H3,(H,19,20). The Morgan fingerprint density at radius 3 is 2.40 bits per heavy atom. The molecule has 0 spiro atoms. The van der Waals surface area contributed by atoms with E-state index in [0.29, 0.717) is 24.6 Å². The molecule has 1 rings (SSSR count). The minimum atomic E-state index is -4.63. The van der Waals surface area contributed by atoms with Gasteiger partial charge in [-0.1, -0.05) is 0 Å². The molecule has 0 fully saturated rings. The molecule has 0 heterocycles. The van der Waals surface area contributed by atoms with Gasteiger partial charge in [-0.25, -0.2) is 4.39 Å². The van der Waals surface area contributed by atoms with Gasteiger partial charge in [-0.15, -0.1) is 11.6 Å². The van der Waals surface area contributed by atoms with Gasteiger partial charge in [0.1, 0.15) is 5.82 Å². The highest BCUT2D eigenvalue weighted by Gasteiger charge is 2.32. The Kier molecular flexibility index (Phi) is 5.02. The topological polar surface area (TPSA) is 29.1 Å². The van der Waals surface area contributed by atoms with E-state index in [4.69, 9.17) is 11.6 Å². The molecule has 0 aliphatic rings. The fourth-order valence-electron chi connectivity index (χ4n) is 1.55. The van der Waals surface area contributed by atoms with Gasteiger partial charge in [-0.2, -0.15) is 13.2 Å². The first-order chi connectivity index (χ1) is 9.07. The van der Waals surface area contributed by atoms with Crippen LogP contribution in [-0.2, 0) is 6.18 Å². The van der Waals surface area contributed by atoms with Crippen molar-refractivity contribution >= 4 is 17.5 Å². The smallest absolute Gasteiger partial charge is 0.347 e. The number of hydrogen-bond acceptors (Lipinski definition) is 1. The second-order valence-electron chi connectivity index (χ2n) is 4.97. The minimum absolute atomic E-state index is 0.262. The molecule has 1 aromatic rings. The summed E-state index contributed by atoms with van der Waals surface area (Å²) < 4.78 is 51.2. The van der Waals surface area contributed by atoms with Crippen molar-refractivity contribution in [1.82, 2.24) is 5.32 Å². The van der Waals surface area contributed by atoms with Crippen LogP contribution in [0.1, 0.15) is 36.2 Å². The number of nitrogens with one attached hydrogen (secondary N) is 1. The van der Waals surface area contributed by atoms with Gasteiger partial charge in [0.15, 0.2) is 0 Å². The van der Waals surface area contributed by atoms with Crippen LogP contribution in [0.3, 0.4) is 0 Å². The SMILES string of the molecule is CC(C)(CCCl)NC(=O)c1cc(C(F)(F)F)ccc1F. The van der Waals surface area contributed by atoms with Crippen molar-refractivity contribution < 1.29 is 22.4 Å². The zero-order chi connectivity index (χ0) is 15.6. The summed E-state index contributed by atoms with van der Waals surface area (Å²) in [5.41, 5.74) is -2.44. The zero-order valence-corrected chi connectivity index (χ0v) is 11.7. The summed E-state index contributed by atoms with van der Waals surface area (Å²) in [7, 11) is 0. The van der Waals surface area contributed by atoms with E-state index in [1.54, 1.807) is 13.8 Å². The van der Waals surface area contributed by atoms with Crippen LogP contribution in [0.4, 0.5) is 17.6 Å². The molecule has 0 saturated carbocycles. The number of halogens is 5. The number of benzene rings is 1. The third-order valence-corrected chi connectivity index (χ3v) is 2.90. The summed E-state index contributed by atoms with van der Waals surface area (Å²) >= 11 is 5.56. The first kappa shape index (κ1) is 16.8. The fraction of sp³-hybridized carbons (Fsp3) is 0.462. The van der Waals surface area contributed by atoms with Gasteiger partial charge in [-0.3, -0.25) is 4.79 Å². The highest BCUT2D eigenvalue weighted by Crippen LogP contribution is 2.30. The summed E-state index contributed by atoms with van der Waals surface area (Å²) in [5, 5.41) is 2.46. The second-order valence-corrected chi connectivity index (χ2v) is 5.35. The van der Waals surface area contributed by atoms with Gasteiger partial charge in [0.25, 0.3) is 5.91 Å². The van der Waals surface area contributed by atoms with E-state index in [0.717, 1.165) is 0 Å². The lowest BCUT2D eigenvalue weighted by atomic mass is 10.0. The maximum atomic E-state index is 13.5. The molecule has 1 N–H and O–H groups in total. The molecule has 0 atom stereocenters. The van der Waals surface area contributed by atoms with Crippen LogP contribution in [0.15, 0.2) is 18.2 Å². The highest BCUT2D eigenvalue weighted by molar-refractivity contribution is 6.17. The molecule has 7 heteroatoms. The minimum Gasteiger partial charge on any atom is -0.347 e. The van der Waals surface area contributed by atoms with Crippen molar-refractivity contribution in [3.63, 3.8) is 0 Å². The Balaban J connectivity index is 3.04. The first-order valence-corrected chi connectivity index (χ1v) is 6.35. The van der Waals surface area contributed by atoms with E-state index in [2.05, 4.69) is 5.32 Å². The molecule has 0 aliphatic carbocycles. The van der Waals surface area contributed by atoms with Gasteiger partial charge in [0.05, 0.1) is 11.1 Å². The van der Waals surface area contributed by atoms with E-state index in [1.807, 2.05) is 0 Å². The third kappa shape index (κ3) is 4.37. The average molecular weight is 312 g/mol. The monoisotopic (exact) mass is 311 g/mol. The molecular weight excluding hydrogens is 298 g/mol. The van der Waals surface area contributed by atoms with Crippen LogP contribution in [0.5, 0.6) is 0 Å². The van der Waals surface area contributed by atoms with E-state index >= 15 is 0 Å². The highest BCUT2D eigenvalue weighted by atomic mass is 35.5. The first-order valence-electron chi connectivity index (χ1n) is 5.82. The predicted molar refractivity (Wildman–Crippen MR) is 68.3 cm³/mol. The number of alkyl halides is 4. The molecule has 1 amide bonds. The van der Waals surface area contributed by atoms with Crippen molar-refractivity contribution in [3.05, 3.63) is 35.1 Å². The summed E-state index contributed by atoms with van der Waals surface area (Å²) in [5.74, 6) is -1.64. The van der Waals surface area contributed by atoms with Gasteiger partial charge in [-0.05, 0) is 38.5 Å². The Morgan fingerprint density at radius 2 is 1.90 bits per heavy atom. The van der Waals surface area contributed by atoms with Gasteiger partial charge >= 0.3 is 6.18 Å². The molecule has 0 radical (unpaired) electrons. The lowest BCUT2D eigenvalue weighted by molar-refractivity contribution is -0.137. The van der Waals surface area contributed by atoms with Crippen LogP contribution in [0.25, 0.3) is 0 Å². The number of rotatable bonds is 4. The van der Waals surface area contributed by atoms with Crippen molar-refractivity contribution in [2.45, 2.75) is 32.0 Å². The molecular formula is C13H14ClF4NO. The van der Waals surface area contributed by atoms with Crippen molar-refractivity contribution in [1.29, 1.82) is 0 Å². The van der Waals surface area contributed by atoms with Gasteiger partial charge in [0, 0.05) is 11.4 Å². The fourth-order valence-corrected chi connectivity index (χ4v) is 2.02. The van der Waals surface area contributed by atoms with E-state index in [-0.39, 0.29) is 5.88 Å². The van der Waals surface area contributed by atoms with E-state index in [1.165, 1.54) is 0 Å². The predicted octanol–water partition coefficient (Wildman–Crippen LogP) is 3.98.